The van der Waals surface area contributed by atoms with Crippen LogP contribution in [-0.4, -0.2) is 19.1 Å². The van der Waals surface area contributed by atoms with Crippen LogP contribution in [-0.2, 0) is 9.53 Å². The summed E-state index contributed by atoms with van der Waals surface area (Å²) in [6.07, 6.45) is 1.20. The highest BCUT2D eigenvalue weighted by Crippen LogP contribution is 2.17. The fraction of sp³-hybridized carbons (Fsp3) is 0.385. The summed E-state index contributed by atoms with van der Waals surface area (Å²) in [4.78, 5) is 11.6. The summed E-state index contributed by atoms with van der Waals surface area (Å²) in [5.41, 5.74) is 6.90. The maximum absolute atomic E-state index is 11.6. The van der Waals surface area contributed by atoms with Gasteiger partial charge in [0, 0.05) is 12.3 Å². The number of hydrogen-bond acceptors (Lipinski definition) is 4. The molecule has 18 heavy (non-hydrogen) atoms. The molecule has 1 aromatic carbocycles. The Bertz CT molecular complexity index is 452. The van der Waals surface area contributed by atoms with Gasteiger partial charge in [0.15, 0.2) is 0 Å². The van der Waals surface area contributed by atoms with Gasteiger partial charge >= 0.3 is 0 Å². The zero-order valence-electron chi connectivity index (χ0n) is 10.4. The number of carbonyl (C=O) groups excluding carboxylic acids is 1. The van der Waals surface area contributed by atoms with Crippen molar-refractivity contribution >= 4 is 17.3 Å². The Morgan fingerprint density at radius 1 is 1.50 bits per heavy atom. The number of carbonyl (C=O) groups is 1. The summed E-state index contributed by atoms with van der Waals surface area (Å²) in [5, 5.41) is 11.6. The third-order valence-electron chi connectivity index (χ3n) is 2.26. The first kappa shape index (κ1) is 14.0. The van der Waals surface area contributed by atoms with Crippen molar-refractivity contribution in [3.05, 3.63) is 23.8 Å². The van der Waals surface area contributed by atoms with Crippen molar-refractivity contribution in [2.45, 2.75) is 19.8 Å². The summed E-state index contributed by atoms with van der Waals surface area (Å²) in [5.74, 6) is -0.174. The van der Waals surface area contributed by atoms with Gasteiger partial charge in [0.25, 0.3) is 0 Å². The number of hydrogen-bond donors (Lipinski definition) is 2. The number of nitriles is 1. The molecule has 0 aliphatic carbocycles. The monoisotopic (exact) mass is 247 g/mol. The fourth-order valence-electron chi connectivity index (χ4n) is 1.39. The summed E-state index contributed by atoms with van der Waals surface area (Å²) >= 11 is 0. The number of ether oxygens (including phenoxy) is 1. The topological polar surface area (TPSA) is 88.1 Å². The van der Waals surface area contributed by atoms with Gasteiger partial charge in [-0.05, 0) is 24.6 Å². The van der Waals surface area contributed by atoms with E-state index in [2.05, 4.69) is 5.32 Å². The van der Waals surface area contributed by atoms with E-state index >= 15 is 0 Å². The Hall–Kier alpha value is -2.06. The maximum Gasteiger partial charge on any atom is 0.226 e. The number of amides is 1. The fourth-order valence-corrected chi connectivity index (χ4v) is 1.39. The maximum atomic E-state index is 11.6. The highest BCUT2D eigenvalue weighted by atomic mass is 16.5. The molecule has 0 unspecified atom stereocenters. The number of nitrogen functional groups attached to an aromatic ring is 1. The molecule has 1 rings (SSSR count). The molecule has 0 radical (unpaired) electrons. The Morgan fingerprint density at radius 2 is 2.28 bits per heavy atom. The van der Waals surface area contributed by atoms with E-state index in [1.807, 2.05) is 13.0 Å². The minimum atomic E-state index is -0.174. The lowest BCUT2D eigenvalue weighted by Gasteiger charge is -2.07. The zero-order valence-corrected chi connectivity index (χ0v) is 10.4. The van der Waals surface area contributed by atoms with Crippen molar-refractivity contribution in [1.29, 1.82) is 5.26 Å². The second kappa shape index (κ2) is 7.30. The van der Waals surface area contributed by atoms with Gasteiger partial charge in [-0.2, -0.15) is 5.26 Å². The first-order valence-corrected chi connectivity index (χ1v) is 5.84. The largest absolute Gasteiger partial charge is 0.399 e. The quantitative estimate of drug-likeness (QED) is 0.593. The number of nitrogens with two attached hydrogens (primary N) is 1. The van der Waals surface area contributed by atoms with Crippen molar-refractivity contribution in [2.75, 3.05) is 24.3 Å². The van der Waals surface area contributed by atoms with E-state index in [4.69, 9.17) is 15.7 Å². The van der Waals surface area contributed by atoms with Crippen LogP contribution >= 0.6 is 0 Å². The van der Waals surface area contributed by atoms with Crippen molar-refractivity contribution in [3.8, 4) is 6.07 Å². The summed E-state index contributed by atoms with van der Waals surface area (Å²) in [7, 11) is 0. The number of anilines is 2. The van der Waals surface area contributed by atoms with Crippen LogP contribution in [0.3, 0.4) is 0 Å². The van der Waals surface area contributed by atoms with Crippen molar-refractivity contribution in [1.82, 2.24) is 0 Å². The van der Waals surface area contributed by atoms with Crippen molar-refractivity contribution in [2.24, 2.45) is 0 Å². The first-order chi connectivity index (χ1) is 8.67. The second-order valence-corrected chi connectivity index (χ2v) is 3.83. The molecule has 0 aliphatic rings. The molecule has 0 saturated heterocycles. The molecular weight excluding hydrogens is 230 g/mol. The lowest BCUT2D eigenvalue weighted by molar-refractivity contribution is -0.117. The number of rotatable bonds is 6. The van der Waals surface area contributed by atoms with Gasteiger partial charge in [-0.1, -0.05) is 6.92 Å². The Labute approximate surface area is 107 Å². The SMILES string of the molecule is CCCOCCC(=O)Nc1ccc(N)cc1C#N. The number of nitrogens with zero attached hydrogens (tertiary/aromatic N) is 1. The molecule has 1 amide bonds. The molecule has 0 aromatic heterocycles. The Balaban J connectivity index is 2.52. The van der Waals surface area contributed by atoms with Crippen LogP contribution in [0.15, 0.2) is 18.2 Å². The lowest BCUT2D eigenvalue weighted by atomic mass is 10.1. The van der Waals surface area contributed by atoms with Crippen LogP contribution in [0.5, 0.6) is 0 Å². The van der Waals surface area contributed by atoms with E-state index in [1.54, 1.807) is 12.1 Å². The van der Waals surface area contributed by atoms with Gasteiger partial charge in [0.1, 0.15) is 6.07 Å². The molecule has 96 valence electrons. The van der Waals surface area contributed by atoms with E-state index in [9.17, 15) is 4.79 Å². The molecule has 3 N–H and O–H groups in total. The average Bonchev–Trinajstić information content (AvgIpc) is 2.37. The summed E-state index contributed by atoms with van der Waals surface area (Å²) in [6.45, 7) is 3.04. The summed E-state index contributed by atoms with van der Waals surface area (Å²) in [6, 6.07) is 6.79. The third kappa shape index (κ3) is 4.44. The molecule has 0 fully saturated rings. The zero-order chi connectivity index (χ0) is 13.4. The Morgan fingerprint density at radius 3 is 2.94 bits per heavy atom. The second-order valence-electron chi connectivity index (χ2n) is 3.83. The normalized spacial score (nSPS) is 9.78. The molecule has 0 heterocycles. The highest BCUT2D eigenvalue weighted by molar-refractivity contribution is 5.92. The van der Waals surface area contributed by atoms with Gasteiger partial charge in [-0.15, -0.1) is 0 Å². The molecule has 0 spiro atoms. The van der Waals surface area contributed by atoms with Crippen LogP contribution in [0, 0.1) is 11.3 Å². The van der Waals surface area contributed by atoms with Crippen LogP contribution in [0.2, 0.25) is 0 Å². The molecule has 5 nitrogen and oxygen atoms in total. The lowest BCUT2D eigenvalue weighted by Crippen LogP contribution is -2.15. The van der Waals surface area contributed by atoms with E-state index in [1.165, 1.54) is 6.07 Å². The van der Waals surface area contributed by atoms with Crippen LogP contribution in [0.4, 0.5) is 11.4 Å². The molecule has 5 heteroatoms. The minimum absolute atomic E-state index is 0.174. The predicted octanol–water partition coefficient (Wildman–Crippen LogP) is 1.90. The molecule has 0 saturated carbocycles. The van der Waals surface area contributed by atoms with Gasteiger partial charge in [0.05, 0.1) is 24.3 Å². The van der Waals surface area contributed by atoms with Crippen molar-refractivity contribution in [3.63, 3.8) is 0 Å². The van der Waals surface area contributed by atoms with Gasteiger partial charge in [0.2, 0.25) is 5.91 Å². The molecular formula is C13H17N3O2. The first-order valence-electron chi connectivity index (χ1n) is 5.84. The van der Waals surface area contributed by atoms with Crippen LogP contribution < -0.4 is 11.1 Å². The van der Waals surface area contributed by atoms with E-state index in [0.29, 0.717) is 30.2 Å². The standard InChI is InChI=1S/C13H17N3O2/c1-2-6-18-7-5-13(17)16-12-4-3-11(15)8-10(12)9-14/h3-4,8H,2,5-7,15H2,1H3,(H,16,17). The third-order valence-corrected chi connectivity index (χ3v) is 2.26. The number of benzene rings is 1. The molecule has 1 aromatic rings. The van der Waals surface area contributed by atoms with E-state index in [-0.39, 0.29) is 12.3 Å². The minimum Gasteiger partial charge on any atom is -0.399 e. The van der Waals surface area contributed by atoms with Gasteiger partial charge < -0.3 is 15.8 Å². The highest BCUT2D eigenvalue weighted by Gasteiger charge is 2.07. The van der Waals surface area contributed by atoms with Gasteiger partial charge in [-0.25, -0.2) is 0 Å². The van der Waals surface area contributed by atoms with Crippen molar-refractivity contribution < 1.29 is 9.53 Å². The van der Waals surface area contributed by atoms with E-state index < -0.39 is 0 Å². The molecule has 0 atom stereocenters. The van der Waals surface area contributed by atoms with E-state index in [0.717, 1.165) is 6.42 Å². The van der Waals surface area contributed by atoms with Gasteiger partial charge in [-0.3, -0.25) is 4.79 Å². The number of nitrogens with one attached hydrogen (secondary N) is 1. The predicted molar refractivity (Wildman–Crippen MR) is 69.9 cm³/mol. The molecule has 0 bridgehead atoms. The Kier molecular flexibility index (Phi) is 5.68. The average molecular weight is 247 g/mol. The van der Waals surface area contributed by atoms with Crippen LogP contribution in [0.25, 0.3) is 0 Å². The summed E-state index contributed by atoms with van der Waals surface area (Å²) < 4.78 is 5.22. The molecule has 0 aliphatic heterocycles. The van der Waals surface area contributed by atoms with Crippen LogP contribution in [0.1, 0.15) is 25.3 Å². The smallest absolute Gasteiger partial charge is 0.226 e.